The third-order valence-corrected chi connectivity index (χ3v) is 5.33. The van der Waals surface area contributed by atoms with Crippen molar-refractivity contribution in [2.45, 2.75) is 6.54 Å². The zero-order valence-corrected chi connectivity index (χ0v) is 15.8. The second kappa shape index (κ2) is 8.17. The summed E-state index contributed by atoms with van der Waals surface area (Å²) in [6.07, 6.45) is 0. The van der Waals surface area contributed by atoms with Gasteiger partial charge in [0.15, 0.2) is 0 Å². The molecule has 0 spiro atoms. The summed E-state index contributed by atoms with van der Waals surface area (Å²) in [6, 6.07) is 13.0. The predicted molar refractivity (Wildman–Crippen MR) is 104 cm³/mol. The fourth-order valence-electron chi connectivity index (χ4n) is 2.77. The molecule has 1 saturated heterocycles. The smallest absolute Gasteiger partial charge is 0.317 e. The van der Waals surface area contributed by atoms with Gasteiger partial charge in [0.05, 0.1) is 10.0 Å². The number of halogens is 3. The number of carbonyl (C=O) groups excluding carboxylic acids is 1. The molecular formula is C18H18Cl3N3O. The fraction of sp³-hybridized carbons (Fsp3) is 0.278. The van der Waals surface area contributed by atoms with Crippen molar-refractivity contribution in [2.75, 3.05) is 31.1 Å². The molecule has 132 valence electrons. The summed E-state index contributed by atoms with van der Waals surface area (Å²) < 4.78 is 0. The van der Waals surface area contributed by atoms with E-state index in [2.05, 4.69) is 10.2 Å². The van der Waals surface area contributed by atoms with Crippen molar-refractivity contribution in [1.29, 1.82) is 0 Å². The molecule has 2 aromatic rings. The van der Waals surface area contributed by atoms with Crippen LogP contribution in [0.15, 0.2) is 42.5 Å². The molecule has 1 aliphatic heterocycles. The number of rotatable bonds is 3. The van der Waals surface area contributed by atoms with Crippen LogP contribution in [-0.4, -0.2) is 37.1 Å². The van der Waals surface area contributed by atoms with Gasteiger partial charge < -0.3 is 15.1 Å². The summed E-state index contributed by atoms with van der Waals surface area (Å²) in [5.41, 5.74) is 1.93. The Balaban J connectivity index is 1.52. The Morgan fingerprint density at radius 2 is 1.64 bits per heavy atom. The molecule has 1 fully saturated rings. The third-order valence-electron chi connectivity index (χ3n) is 4.22. The van der Waals surface area contributed by atoms with Gasteiger partial charge in [-0.05, 0) is 29.8 Å². The molecule has 1 aliphatic rings. The third kappa shape index (κ3) is 4.51. The molecule has 2 amide bonds. The zero-order chi connectivity index (χ0) is 17.8. The van der Waals surface area contributed by atoms with E-state index in [1.807, 2.05) is 41.3 Å². The lowest BCUT2D eigenvalue weighted by molar-refractivity contribution is 0.194. The van der Waals surface area contributed by atoms with Crippen molar-refractivity contribution in [2.24, 2.45) is 0 Å². The molecule has 1 heterocycles. The maximum atomic E-state index is 12.3. The average molecular weight is 399 g/mol. The van der Waals surface area contributed by atoms with Crippen molar-refractivity contribution < 1.29 is 4.79 Å². The number of nitrogens with zero attached hydrogens (tertiary/aromatic N) is 2. The van der Waals surface area contributed by atoms with Crippen molar-refractivity contribution in [3.63, 3.8) is 0 Å². The van der Waals surface area contributed by atoms with Crippen LogP contribution in [0.2, 0.25) is 15.1 Å². The SMILES string of the molecule is O=C(NCc1ccccc1Cl)N1CCN(c2ccc(Cl)c(Cl)c2)CC1. The Morgan fingerprint density at radius 1 is 0.920 bits per heavy atom. The summed E-state index contributed by atoms with van der Waals surface area (Å²) in [7, 11) is 0. The van der Waals surface area contributed by atoms with Gasteiger partial charge in [-0.3, -0.25) is 0 Å². The standard InChI is InChI=1S/C18H18Cl3N3O/c19-15-4-2-1-3-13(15)12-22-18(25)24-9-7-23(8-10-24)14-5-6-16(20)17(21)11-14/h1-6,11H,7-10,12H2,(H,22,25). The van der Waals surface area contributed by atoms with Gasteiger partial charge in [-0.15, -0.1) is 0 Å². The van der Waals surface area contributed by atoms with E-state index in [4.69, 9.17) is 34.8 Å². The van der Waals surface area contributed by atoms with E-state index in [-0.39, 0.29) is 6.03 Å². The molecule has 0 aliphatic carbocycles. The van der Waals surface area contributed by atoms with E-state index >= 15 is 0 Å². The number of benzene rings is 2. The summed E-state index contributed by atoms with van der Waals surface area (Å²) in [5.74, 6) is 0. The molecule has 25 heavy (non-hydrogen) atoms. The normalized spacial score (nSPS) is 14.5. The number of piperazine rings is 1. The second-order valence-corrected chi connectivity index (χ2v) is 7.04. The first-order valence-corrected chi connectivity index (χ1v) is 9.14. The van der Waals surface area contributed by atoms with Crippen molar-refractivity contribution >= 4 is 46.5 Å². The van der Waals surface area contributed by atoms with Crippen molar-refractivity contribution in [1.82, 2.24) is 10.2 Å². The molecule has 1 N–H and O–H groups in total. The maximum absolute atomic E-state index is 12.3. The van der Waals surface area contributed by atoms with E-state index in [1.54, 1.807) is 6.07 Å². The molecule has 3 rings (SSSR count). The molecule has 0 atom stereocenters. The van der Waals surface area contributed by atoms with Crippen LogP contribution in [0.1, 0.15) is 5.56 Å². The van der Waals surface area contributed by atoms with Gasteiger partial charge >= 0.3 is 6.03 Å². The van der Waals surface area contributed by atoms with Gasteiger partial charge in [0.2, 0.25) is 0 Å². The topological polar surface area (TPSA) is 35.6 Å². The summed E-state index contributed by atoms with van der Waals surface area (Å²) >= 11 is 18.2. The number of anilines is 1. The van der Waals surface area contributed by atoms with Crippen LogP contribution in [0.4, 0.5) is 10.5 Å². The molecule has 2 aromatic carbocycles. The van der Waals surface area contributed by atoms with E-state index in [0.29, 0.717) is 34.7 Å². The molecule has 4 nitrogen and oxygen atoms in total. The van der Waals surface area contributed by atoms with Crippen LogP contribution < -0.4 is 10.2 Å². The van der Waals surface area contributed by atoms with Gasteiger partial charge in [-0.25, -0.2) is 4.79 Å². The van der Waals surface area contributed by atoms with Crippen LogP contribution in [0.3, 0.4) is 0 Å². The van der Waals surface area contributed by atoms with E-state index in [0.717, 1.165) is 24.3 Å². The predicted octanol–water partition coefficient (Wildman–Crippen LogP) is 4.68. The summed E-state index contributed by atoms with van der Waals surface area (Å²) in [5, 5.41) is 4.67. The Bertz CT molecular complexity index is 761. The lowest BCUT2D eigenvalue weighted by Gasteiger charge is -2.36. The summed E-state index contributed by atoms with van der Waals surface area (Å²) in [6.45, 7) is 3.21. The van der Waals surface area contributed by atoms with Gasteiger partial charge in [-0.1, -0.05) is 53.0 Å². The number of hydrogen-bond donors (Lipinski definition) is 1. The molecule has 0 saturated carbocycles. The highest BCUT2D eigenvalue weighted by Gasteiger charge is 2.21. The Kier molecular flexibility index (Phi) is 5.94. The molecular weight excluding hydrogens is 381 g/mol. The van der Waals surface area contributed by atoms with Crippen LogP contribution in [-0.2, 0) is 6.54 Å². The highest BCUT2D eigenvalue weighted by Crippen LogP contribution is 2.27. The number of nitrogens with one attached hydrogen (secondary N) is 1. The first-order valence-electron chi connectivity index (χ1n) is 8.01. The lowest BCUT2D eigenvalue weighted by Crippen LogP contribution is -2.51. The Labute approximate surface area is 162 Å². The van der Waals surface area contributed by atoms with Gasteiger partial charge in [0.25, 0.3) is 0 Å². The van der Waals surface area contributed by atoms with E-state index in [9.17, 15) is 4.79 Å². The fourth-order valence-corrected chi connectivity index (χ4v) is 3.27. The molecule has 0 radical (unpaired) electrons. The highest BCUT2D eigenvalue weighted by molar-refractivity contribution is 6.42. The molecule has 0 aromatic heterocycles. The minimum absolute atomic E-state index is 0.0753. The number of urea groups is 1. The highest BCUT2D eigenvalue weighted by atomic mass is 35.5. The van der Waals surface area contributed by atoms with Gasteiger partial charge in [0.1, 0.15) is 0 Å². The minimum Gasteiger partial charge on any atom is -0.368 e. The number of hydrogen-bond acceptors (Lipinski definition) is 2. The van der Waals surface area contributed by atoms with Gasteiger partial charge in [-0.2, -0.15) is 0 Å². The van der Waals surface area contributed by atoms with Crippen molar-refractivity contribution in [3.05, 3.63) is 63.1 Å². The first kappa shape index (κ1) is 18.2. The van der Waals surface area contributed by atoms with Crippen molar-refractivity contribution in [3.8, 4) is 0 Å². The largest absolute Gasteiger partial charge is 0.368 e. The van der Waals surface area contributed by atoms with E-state index in [1.165, 1.54) is 0 Å². The van der Waals surface area contributed by atoms with Crippen LogP contribution in [0.25, 0.3) is 0 Å². The van der Waals surface area contributed by atoms with Crippen LogP contribution >= 0.6 is 34.8 Å². The van der Waals surface area contributed by atoms with Crippen LogP contribution in [0.5, 0.6) is 0 Å². The number of carbonyl (C=O) groups is 1. The molecule has 7 heteroatoms. The Hall–Kier alpha value is -1.62. The first-order chi connectivity index (χ1) is 12.0. The quantitative estimate of drug-likeness (QED) is 0.815. The van der Waals surface area contributed by atoms with Crippen LogP contribution in [0, 0.1) is 0 Å². The van der Waals surface area contributed by atoms with Gasteiger partial charge in [0, 0.05) is 43.4 Å². The monoisotopic (exact) mass is 397 g/mol. The zero-order valence-electron chi connectivity index (χ0n) is 13.5. The lowest BCUT2D eigenvalue weighted by atomic mass is 10.2. The number of amides is 2. The average Bonchev–Trinajstić information content (AvgIpc) is 2.63. The summed E-state index contributed by atoms with van der Waals surface area (Å²) in [4.78, 5) is 16.3. The molecule has 0 bridgehead atoms. The second-order valence-electron chi connectivity index (χ2n) is 5.82. The minimum atomic E-state index is -0.0753. The maximum Gasteiger partial charge on any atom is 0.317 e. The molecule has 0 unspecified atom stereocenters. The van der Waals surface area contributed by atoms with E-state index < -0.39 is 0 Å². The Morgan fingerprint density at radius 3 is 2.32 bits per heavy atom.